The largest absolute Gasteiger partial charge is 0.442 e. The molecule has 0 aliphatic heterocycles. The minimum Gasteiger partial charge on any atom is -0.338 e. The number of carbonyl (C=O) groups excluding carboxylic acids is 2. The summed E-state index contributed by atoms with van der Waals surface area (Å²) in [5.41, 5.74) is 0.272. The zero-order valence-electron chi connectivity index (χ0n) is 11.1. The summed E-state index contributed by atoms with van der Waals surface area (Å²) in [5.74, 6) is -1.46. The molecule has 2 aromatic rings. The van der Waals surface area contributed by atoms with Crippen LogP contribution in [0.25, 0.3) is 11.5 Å². The van der Waals surface area contributed by atoms with Gasteiger partial charge in [0.2, 0.25) is 11.7 Å². The minimum absolute atomic E-state index is 0.0548. The number of amides is 3. The zero-order valence-corrected chi connectivity index (χ0v) is 11.1. The van der Waals surface area contributed by atoms with Crippen LogP contribution in [0.3, 0.4) is 0 Å². The van der Waals surface area contributed by atoms with E-state index in [-0.39, 0.29) is 11.5 Å². The van der Waals surface area contributed by atoms with Crippen LogP contribution in [0.5, 0.6) is 0 Å². The van der Waals surface area contributed by atoms with Gasteiger partial charge in [0, 0.05) is 18.9 Å². The Morgan fingerprint density at radius 3 is 2.86 bits per heavy atom. The van der Waals surface area contributed by atoms with E-state index in [1.54, 1.807) is 6.92 Å². The quantitative estimate of drug-likeness (QED) is 0.749. The standard InChI is InChI=1S/C11H12N6O4/c1-2-13-10(19)15-8(18)6-17-9(16-21-11(17)20)7-5-12-3-4-14-7/h3-5H,2,6H2,1H3,(H2,13,15,18,19). The van der Waals surface area contributed by atoms with Gasteiger partial charge in [0.1, 0.15) is 12.2 Å². The lowest BCUT2D eigenvalue weighted by molar-refractivity contribution is -0.120. The summed E-state index contributed by atoms with van der Waals surface area (Å²) in [4.78, 5) is 42.3. The second-order valence-electron chi connectivity index (χ2n) is 3.86. The van der Waals surface area contributed by atoms with Crippen molar-refractivity contribution >= 4 is 11.9 Å². The Kier molecular flexibility index (Phi) is 4.39. The maximum Gasteiger partial charge on any atom is 0.442 e. The number of aromatic nitrogens is 4. The average Bonchev–Trinajstić information content (AvgIpc) is 2.81. The van der Waals surface area contributed by atoms with Gasteiger partial charge in [-0.15, -0.1) is 0 Å². The molecule has 0 radical (unpaired) electrons. The Labute approximate surface area is 118 Å². The summed E-state index contributed by atoms with van der Waals surface area (Å²) in [6, 6.07) is -0.645. The Bertz CT molecular complexity index is 692. The summed E-state index contributed by atoms with van der Waals surface area (Å²) < 4.78 is 5.47. The number of nitrogens with one attached hydrogen (secondary N) is 2. The monoisotopic (exact) mass is 292 g/mol. The molecule has 21 heavy (non-hydrogen) atoms. The second-order valence-corrected chi connectivity index (χ2v) is 3.86. The highest BCUT2D eigenvalue weighted by atomic mass is 16.5. The smallest absolute Gasteiger partial charge is 0.338 e. The fraction of sp³-hybridized carbons (Fsp3) is 0.273. The van der Waals surface area contributed by atoms with Crippen molar-refractivity contribution in [2.45, 2.75) is 13.5 Å². The van der Waals surface area contributed by atoms with Crippen LogP contribution in [0.4, 0.5) is 4.79 Å². The van der Waals surface area contributed by atoms with Crippen molar-refractivity contribution in [2.75, 3.05) is 6.54 Å². The van der Waals surface area contributed by atoms with Crippen LogP contribution in [-0.4, -0.2) is 38.2 Å². The summed E-state index contributed by atoms with van der Waals surface area (Å²) in [7, 11) is 0. The highest BCUT2D eigenvalue weighted by Gasteiger charge is 2.17. The van der Waals surface area contributed by atoms with Crippen LogP contribution in [0.15, 0.2) is 27.9 Å². The molecular weight excluding hydrogens is 280 g/mol. The molecule has 2 aromatic heterocycles. The Hall–Kier alpha value is -3.04. The second kappa shape index (κ2) is 6.41. The molecule has 0 saturated carbocycles. The molecule has 10 nitrogen and oxygen atoms in total. The van der Waals surface area contributed by atoms with Crippen molar-refractivity contribution in [2.24, 2.45) is 0 Å². The molecule has 2 rings (SSSR count). The Morgan fingerprint density at radius 1 is 1.38 bits per heavy atom. The third kappa shape index (κ3) is 3.49. The number of rotatable bonds is 4. The van der Waals surface area contributed by atoms with Gasteiger partial charge in [0.15, 0.2) is 0 Å². The number of hydrogen-bond acceptors (Lipinski definition) is 7. The molecule has 2 N–H and O–H groups in total. The van der Waals surface area contributed by atoms with Crippen molar-refractivity contribution in [3.05, 3.63) is 29.1 Å². The van der Waals surface area contributed by atoms with E-state index in [2.05, 4.69) is 30.3 Å². The summed E-state index contributed by atoms with van der Waals surface area (Å²) >= 11 is 0. The predicted octanol–water partition coefficient (Wildman–Crippen LogP) is -0.861. The van der Waals surface area contributed by atoms with Crippen molar-refractivity contribution in [3.63, 3.8) is 0 Å². The molecule has 10 heteroatoms. The lowest BCUT2D eigenvalue weighted by Crippen LogP contribution is -2.41. The molecule has 110 valence electrons. The molecule has 0 aromatic carbocycles. The average molecular weight is 292 g/mol. The van der Waals surface area contributed by atoms with Crippen LogP contribution in [-0.2, 0) is 11.3 Å². The Balaban J connectivity index is 2.18. The number of urea groups is 1. The van der Waals surface area contributed by atoms with Gasteiger partial charge in [0.05, 0.1) is 6.20 Å². The lowest BCUT2D eigenvalue weighted by Gasteiger charge is -2.05. The van der Waals surface area contributed by atoms with Crippen LogP contribution >= 0.6 is 0 Å². The van der Waals surface area contributed by atoms with Gasteiger partial charge in [-0.05, 0) is 6.92 Å². The van der Waals surface area contributed by atoms with Gasteiger partial charge in [-0.3, -0.25) is 19.6 Å². The highest BCUT2D eigenvalue weighted by molar-refractivity contribution is 5.94. The van der Waals surface area contributed by atoms with Crippen LogP contribution in [0.1, 0.15) is 6.92 Å². The SMILES string of the molecule is CCNC(=O)NC(=O)Cn1c(-c2cnccn2)noc1=O. The summed E-state index contributed by atoms with van der Waals surface area (Å²) in [6.45, 7) is 1.66. The fourth-order valence-electron chi connectivity index (χ4n) is 1.52. The van der Waals surface area contributed by atoms with Gasteiger partial charge >= 0.3 is 11.8 Å². The highest BCUT2D eigenvalue weighted by Crippen LogP contribution is 2.10. The molecule has 2 heterocycles. The fourth-order valence-corrected chi connectivity index (χ4v) is 1.52. The Morgan fingerprint density at radius 2 is 2.19 bits per heavy atom. The lowest BCUT2D eigenvalue weighted by atomic mass is 10.4. The van der Waals surface area contributed by atoms with Crippen LogP contribution in [0.2, 0.25) is 0 Å². The third-order valence-electron chi connectivity index (χ3n) is 2.37. The maximum absolute atomic E-state index is 11.7. The van der Waals surface area contributed by atoms with E-state index in [1.165, 1.54) is 18.6 Å². The van der Waals surface area contributed by atoms with E-state index in [1.807, 2.05) is 0 Å². The first kappa shape index (κ1) is 14.4. The zero-order chi connectivity index (χ0) is 15.2. The molecule has 0 atom stereocenters. The molecule has 0 saturated heterocycles. The van der Waals surface area contributed by atoms with E-state index in [4.69, 9.17) is 0 Å². The topological polar surface area (TPSA) is 132 Å². The van der Waals surface area contributed by atoms with Gasteiger partial charge in [-0.1, -0.05) is 5.16 Å². The van der Waals surface area contributed by atoms with Gasteiger partial charge < -0.3 is 5.32 Å². The first-order chi connectivity index (χ1) is 10.1. The van der Waals surface area contributed by atoms with Crippen molar-refractivity contribution < 1.29 is 14.1 Å². The first-order valence-corrected chi connectivity index (χ1v) is 6.02. The van der Waals surface area contributed by atoms with E-state index in [9.17, 15) is 14.4 Å². The number of hydrogen-bond donors (Lipinski definition) is 2. The maximum atomic E-state index is 11.7. The summed E-state index contributed by atoms with van der Waals surface area (Å²) in [6.07, 6.45) is 4.23. The van der Waals surface area contributed by atoms with Gasteiger partial charge in [-0.2, -0.15) is 0 Å². The van der Waals surface area contributed by atoms with Crippen LogP contribution in [0, 0.1) is 0 Å². The predicted molar refractivity (Wildman–Crippen MR) is 69.0 cm³/mol. The molecule has 0 fully saturated rings. The molecule has 0 aliphatic rings. The number of carbonyl (C=O) groups is 2. The number of imide groups is 1. The molecule has 0 bridgehead atoms. The van der Waals surface area contributed by atoms with Gasteiger partial charge in [0.25, 0.3) is 0 Å². The van der Waals surface area contributed by atoms with Gasteiger partial charge in [-0.25, -0.2) is 19.1 Å². The summed E-state index contributed by atoms with van der Waals surface area (Å²) in [5, 5.41) is 8.02. The van der Waals surface area contributed by atoms with Crippen LogP contribution < -0.4 is 16.4 Å². The minimum atomic E-state index is -0.832. The molecule has 0 unspecified atom stereocenters. The van der Waals surface area contributed by atoms with E-state index >= 15 is 0 Å². The molecule has 3 amide bonds. The van der Waals surface area contributed by atoms with E-state index < -0.39 is 24.2 Å². The van der Waals surface area contributed by atoms with Crippen molar-refractivity contribution in [1.82, 2.24) is 30.3 Å². The molecule has 0 aliphatic carbocycles. The first-order valence-electron chi connectivity index (χ1n) is 6.02. The molecular formula is C11H12N6O4. The normalized spacial score (nSPS) is 10.1. The third-order valence-corrected chi connectivity index (χ3v) is 2.37. The van der Waals surface area contributed by atoms with Crippen molar-refractivity contribution in [1.29, 1.82) is 0 Å². The van der Waals surface area contributed by atoms with Crippen molar-refractivity contribution in [3.8, 4) is 11.5 Å². The molecule has 0 spiro atoms. The number of nitrogens with zero attached hydrogens (tertiary/aromatic N) is 4. The van der Waals surface area contributed by atoms with E-state index in [0.717, 1.165) is 4.57 Å². The van der Waals surface area contributed by atoms with E-state index in [0.29, 0.717) is 6.54 Å².